The normalized spacial score (nSPS) is 14.1. The molecule has 0 spiro atoms. The molecule has 2 unspecified atom stereocenters. The van der Waals surface area contributed by atoms with E-state index in [4.69, 9.17) is 15.6 Å². The van der Waals surface area contributed by atoms with Crippen molar-refractivity contribution in [2.45, 2.75) is 44.6 Å². The highest BCUT2D eigenvalue weighted by molar-refractivity contribution is 5.91. The van der Waals surface area contributed by atoms with Crippen LogP contribution in [-0.4, -0.2) is 28.8 Å². The van der Waals surface area contributed by atoms with E-state index in [1.54, 1.807) is 12.1 Å². The Kier molecular flexibility index (Phi) is 7.18. The van der Waals surface area contributed by atoms with Crippen LogP contribution in [0.1, 0.15) is 60.5 Å². The number of para-hydroxylation sites is 1. The van der Waals surface area contributed by atoms with Crippen LogP contribution >= 0.6 is 0 Å². The molecule has 0 amide bonds. The molecule has 4 N–H and O–H groups in total. The Balaban J connectivity index is 2.66. The highest BCUT2D eigenvalue weighted by Crippen LogP contribution is 2.45. The minimum Gasteiger partial charge on any atom is -0.481 e. The number of carboxylic acids is 2. The van der Waals surface area contributed by atoms with Gasteiger partial charge >= 0.3 is 11.9 Å². The molecule has 0 aliphatic carbocycles. The van der Waals surface area contributed by atoms with E-state index >= 15 is 0 Å². The van der Waals surface area contributed by atoms with Crippen molar-refractivity contribution >= 4 is 11.9 Å². The standard InChI is InChI=1S/C22H27NO5/c1-3-9-17(15-10-6-5-7-11-15)22(23,4-2)18-13-8-12-16(21(26)27)20(18)28-14-19(24)25/h5-8,10-13,17H,3-4,9,14,23H2,1-2H3,(H,24,25)(H,26,27). The number of hydrogen-bond acceptors (Lipinski definition) is 4. The summed E-state index contributed by atoms with van der Waals surface area (Å²) in [6.07, 6.45) is 2.21. The van der Waals surface area contributed by atoms with Crippen LogP contribution in [0.5, 0.6) is 5.75 Å². The van der Waals surface area contributed by atoms with Crippen molar-refractivity contribution in [2.75, 3.05) is 6.61 Å². The molecule has 0 bridgehead atoms. The van der Waals surface area contributed by atoms with Gasteiger partial charge in [-0.3, -0.25) is 0 Å². The van der Waals surface area contributed by atoms with Crippen molar-refractivity contribution < 1.29 is 24.5 Å². The monoisotopic (exact) mass is 385 g/mol. The maximum atomic E-state index is 11.7. The Bertz CT molecular complexity index is 821. The fourth-order valence-electron chi connectivity index (χ4n) is 3.68. The van der Waals surface area contributed by atoms with Gasteiger partial charge in [0.1, 0.15) is 11.3 Å². The summed E-state index contributed by atoms with van der Waals surface area (Å²) < 4.78 is 5.44. The minimum absolute atomic E-state index is 0.0267. The molecule has 0 saturated carbocycles. The Morgan fingerprint density at radius 3 is 2.29 bits per heavy atom. The average molecular weight is 385 g/mol. The van der Waals surface area contributed by atoms with Crippen LogP contribution in [0.4, 0.5) is 0 Å². The molecule has 2 aromatic carbocycles. The molecule has 0 saturated heterocycles. The van der Waals surface area contributed by atoms with Crippen molar-refractivity contribution in [3.05, 3.63) is 65.2 Å². The van der Waals surface area contributed by atoms with Crippen molar-refractivity contribution in [1.82, 2.24) is 0 Å². The fourth-order valence-corrected chi connectivity index (χ4v) is 3.68. The maximum Gasteiger partial charge on any atom is 0.341 e. The third-order valence-electron chi connectivity index (χ3n) is 5.07. The predicted octanol–water partition coefficient (Wildman–Crippen LogP) is 4.00. The number of benzene rings is 2. The summed E-state index contributed by atoms with van der Waals surface area (Å²) in [5, 5.41) is 18.6. The van der Waals surface area contributed by atoms with Gasteiger partial charge in [-0.15, -0.1) is 0 Å². The van der Waals surface area contributed by atoms with E-state index in [1.807, 2.05) is 37.3 Å². The predicted molar refractivity (Wildman–Crippen MR) is 107 cm³/mol. The van der Waals surface area contributed by atoms with Gasteiger partial charge in [0, 0.05) is 11.5 Å². The highest BCUT2D eigenvalue weighted by atomic mass is 16.5. The Labute approximate surface area is 165 Å². The van der Waals surface area contributed by atoms with Gasteiger partial charge in [0.05, 0.1) is 5.54 Å². The van der Waals surface area contributed by atoms with Crippen molar-refractivity contribution in [3.63, 3.8) is 0 Å². The van der Waals surface area contributed by atoms with Gasteiger partial charge < -0.3 is 20.7 Å². The molecule has 2 aromatic rings. The number of rotatable bonds is 10. The van der Waals surface area contributed by atoms with Gasteiger partial charge in [0.25, 0.3) is 0 Å². The smallest absolute Gasteiger partial charge is 0.341 e. The van der Waals surface area contributed by atoms with Gasteiger partial charge in [-0.1, -0.05) is 62.7 Å². The van der Waals surface area contributed by atoms with Crippen LogP contribution in [-0.2, 0) is 10.3 Å². The van der Waals surface area contributed by atoms with Gasteiger partial charge in [-0.2, -0.15) is 0 Å². The van der Waals surface area contributed by atoms with Gasteiger partial charge in [0.2, 0.25) is 0 Å². The van der Waals surface area contributed by atoms with E-state index in [2.05, 4.69) is 6.92 Å². The molecule has 150 valence electrons. The number of nitrogens with two attached hydrogens (primary N) is 1. The summed E-state index contributed by atoms with van der Waals surface area (Å²) in [4.78, 5) is 22.8. The molecule has 0 radical (unpaired) electrons. The number of carbonyl (C=O) groups is 2. The summed E-state index contributed by atoms with van der Waals surface area (Å²) in [6.45, 7) is 3.38. The lowest BCUT2D eigenvalue weighted by atomic mass is 9.71. The van der Waals surface area contributed by atoms with Crippen LogP contribution in [0.3, 0.4) is 0 Å². The van der Waals surface area contributed by atoms with Crippen molar-refractivity contribution in [2.24, 2.45) is 5.73 Å². The molecular formula is C22H27NO5. The first-order chi connectivity index (χ1) is 13.3. The summed E-state index contributed by atoms with van der Waals surface area (Å²) >= 11 is 0. The van der Waals surface area contributed by atoms with E-state index in [0.717, 1.165) is 18.4 Å². The van der Waals surface area contributed by atoms with E-state index in [1.165, 1.54) is 6.07 Å². The van der Waals surface area contributed by atoms with Gasteiger partial charge in [-0.25, -0.2) is 9.59 Å². The van der Waals surface area contributed by atoms with Crippen LogP contribution in [0.2, 0.25) is 0 Å². The van der Waals surface area contributed by atoms with Gasteiger partial charge in [0.15, 0.2) is 6.61 Å². The van der Waals surface area contributed by atoms with Crippen LogP contribution in [0, 0.1) is 0 Å². The quantitative estimate of drug-likeness (QED) is 0.570. The third-order valence-corrected chi connectivity index (χ3v) is 5.07. The lowest BCUT2D eigenvalue weighted by Gasteiger charge is -2.39. The Morgan fingerprint density at radius 1 is 1.07 bits per heavy atom. The lowest BCUT2D eigenvalue weighted by molar-refractivity contribution is -0.139. The van der Waals surface area contributed by atoms with Crippen molar-refractivity contribution in [1.29, 1.82) is 0 Å². The van der Waals surface area contributed by atoms with E-state index < -0.39 is 24.1 Å². The second kappa shape index (κ2) is 9.37. The zero-order valence-electron chi connectivity index (χ0n) is 16.2. The first-order valence-electron chi connectivity index (χ1n) is 9.40. The Hall–Kier alpha value is -2.86. The summed E-state index contributed by atoms with van der Waals surface area (Å²) in [5.41, 5.74) is 7.49. The molecule has 0 heterocycles. The first-order valence-corrected chi connectivity index (χ1v) is 9.40. The second-order valence-corrected chi connectivity index (χ2v) is 6.82. The van der Waals surface area contributed by atoms with Crippen molar-refractivity contribution in [3.8, 4) is 5.75 Å². The SMILES string of the molecule is CCCC(c1ccccc1)C(N)(CC)c1cccc(C(=O)O)c1OCC(=O)O. The van der Waals surface area contributed by atoms with Crippen LogP contribution < -0.4 is 10.5 Å². The molecule has 28 heavy (non-hydrogen) atoms. The fraction of sp³-hybridized carbons (Fsp3) is 0.364. The van der Waals surface area contributed by atoms with E-state index in [9.17, 15) is 14.7 Å². The molecule has 2 rings (SSSR count). The van der Waals surface area contributed by atoms with E-state index in [0.29, 0.717) is 12.0 Å². The average Bonchev–Trinajstić information content (AvgIpc) is 2.70. The first kappa shape index (κ1) is 21.4. The zero-order valence-corrected chi connectivity index (χ0v) is 16.2. The minimum atomic E-state index is -1.19. The summed E-state index contributed by atoms with van der Waals surface area (Å²) in [6, 6.07) is 14.6. The van der Waals surface area contributed by atoms with Crippen LogP contribution in [0.25, 0.3) is 0 Å². The van der Waals surface area contributed by atoms with Gasteiger partial charge in [-0.05, 0) is 24.5 Å². The van der Waals surface area contributed by atoms with Crippen LogP contribution in [0.15, 0.2) is 48.5 Å². The number of carboxylic acid groups (broad SMARTS) is 2. The molecule has 6 nitrogen and oxygen atoms in total. The number of aliphatic carboxylic acids is 1. The summed E-state index contributed by atoms with van der Waals surface area (Å²) in [7, 11) is 0. The molecule has 6 heteroatoms. The topological polar surface area (TPSA) is 110 Å². The Morgan fingerprint density at radius 2 is 1.75 bits per heavy atom. The lowest BCUT2D eigenvalue weighted by Crippen LogP contribution is -2.43. The maximum absolute atomic E-state index is 11.7. The highest BCUT2D eigenvalue weighted by Gasteiger charge is 2.39. The number of hydrogen-bond donors (Lipinski definition) is 3. The molecule has 0 aromatic heterocycles. The number of aromatic carboxylic acids is 1. The molecular weight excluding hydrogens is 358 g/mol. The second-order valence-electron chi connectivity index (χ2n) is 6.82. The third kappa shape index (κ3) is 4.51. The number of ether oxygens (including phenoxy) is 1. The molecule has 0 aliphatic heterocycles. The van der Waals surface area contributed by atoms with E-state index in [-0.39, 0.29) is 17.2 Å². The molecule has 2 atom stereocenters. The molecule has 0 fully saturated rings. The molecule has 0 aliphatic rings. The summed E-state index contributed by atoms with van der Waals surface area (Å²) in [5.74, 6) is -2.43. The zero-order chi connectivity index (χ0) is 20.7. The largest absolute Gasteiger partial charge is 0.481 e.